The first kappa shape index (κ1) is 12.2. The number of fused-ring (bicyclic) bond motifs is 1. The van der Waals surface area contributed by atoms with Crippen LogP contribution in [-0.4, -0.2) is 6.54 Å². The Bertz CT molecular complexity index is 616. The van der Waals surface area contributed by atoms with Crippen molar-refractivity contribution in [2.24, 2.45) is 0 Å². The van der Waals surface area contributed by atoms with E-state index in [-0.39, 0.29) is 16.9 Å². The molecule has 0 radical (unpaired) electrons. The number of hydrogen-bond donors (Lipinski definition) is 1. The molecule has 0 aliphatic carbocycles. The molecule has 1 atom stereocenters. The minimum atomic E-state index is -0.417. The van der Waals surface area contributed by atoms with Gasteiger partial charge in [-0.1, -0.05) is 23.7 Å². The summed E-state index contributed by atoms with van der Waals surface area (Å²) < 4.78 is 31.8. The largest absolute Gasteiger partial charge is 0.480 e. The van der Waals surface area contributed by atoms with Crippen LogP contribution in [0.2, 0.25) is 5.02 Å². The first-order valence-corrected chi connectivity index (χ1v) is 6.16. The number of anilines is 1. The maximum Gasteiger partial charge on any atom is 0.162 e. The standard InChI is InChI=1S/C14H10ClF2NO/c15-11-5-10(17)6-12-14(11)19-13(7-18-12)8-1-3-9(16)4-2-8/h1-6,13,18H,7H2. The molecular formula is C14H10ClF2NO. The van der Waals surface area contributed by atoms with Gasteiger partial charge in [0, 0.05) is 6.07 Å². The predicted molar refractivity (Wildman–Crippen MR) is 69.7 cm³/mol. The fraction of sp³-hybridized carbons (Fsp3) is 0.143. The molecule has 2 aromatic rings. The van der Waals surface area contributed by atoms with Crippen LogP contribution in [0.4, 0.5) is 14.5 Å². The van der Waals surface area contributed by atoms with Crippen LogP contribution in [0.1, 0.15) is 11.7 Å². The molecule has 1 aliphatic rings. The van der Waals surface area contributed by atoms with Crippen molar-refractivity contribution in [3.05, 3.63) is 58.6 Å². The molecule has 0 saturated heterocycles. The normalized spacial score (nSPS) is 17.3. The number of ether oxygens (including phenoxy) is 1. The average molecular weight is 282 g/mol. The van der Waals surface area contributed by atoms with Crippen LogP contribution in [0, 0.1) is 11.6 Å². The zero-order valence-electron chi connectivity index (χ0n) is 9.79. The summed E-state index contributed by atoms with van der Waals surface area (Å²) in [7, 11) is 0. The summed E-state index contributed by atoms with van der Waals surface area (Å²) >= 11 is 5.96. The molecule has 0 fully saturated rings. The second kappa shape index (κ2) is 4.70. The Morgan fingerprint density at radius 1 is 1.11 bits per heavy atom. The Kier molecular flexibility index (Phi) is 3.03. The number of halogens is 3. The van der Waals surface area contributed by atoms with Gasteiger partial charge in [-0.15, -0.1) is 0 Å². The lowest BCUT2D eigenvalue weighted by atomic mass is 10.1. The van der Waals surface area contributed by atoms with Gasteiger partial charge in [0.05, 0.1) is 17.3 Å². The van der Waals surface area contributed by atoms with Crippen molar-refractivity contribution >= 4 is 17.3 Å². The van der Waals surface area contributed by atoms with E-state index in [1.807, 2.05) is 0 Å². The Hall–Kier alpha value is -1.81. The smallest absolute Gasteiger partial charge is 0.162 e. The van der Waals surface area contributed by atoms with E-state index in [0.29, 0.717) is 18.0 Å². The van der Waals surface area contributed by atoms with Crippen molar-refractivity contribution in [3.63, 3.8) is 0 Å². The minimum absolute atomic E-state index is 0.217. The molecule has 3 rings (SSSR count). The second-order valence-corrected chi connectivity index (χ2v) is 4.71. The lowest BCUT2D eigenvalue weighted by Gasteiger charge is -2.28. The van der Waals surface area contributed by atoms with Crippen molar-refractivity contribution in [2.45, 2.75) is 6.10 Å². The van der Waals surface area contributed by atoms with E-state index < -0.39 is 5.82 Å². The zero-order valence-corrected chi connectivity index (χ0v) is 10.5. The SMILES string of the molecule is Fc1ccc(C2CNc3cc(F)cc(Cl)c3O2)cc1. The van der Waals surface area contributed by atoms with E-state index in [0.717, 1.165) is 5.56 Å². The van der Waals surface area contributed by atoms with E-state index in [1.54, 1.807) is 12.1 Å². The highest BCUT2D eigenvalue weighted by Crippen LogP contribution is 2.40. The van der Waals surface area contributed by atoms with E-state index in [4.69, 9.17) is 16.3 Å². The van der Waals surface area contributed by atoms with Crippen LogP contribution < -0.4 is 10.1 Å². The highest BCUT2D eigenvalue weighted by Gasteiger charge is 2.23. The highest BCUT2D eigenvalue weighted by atomic mass is 35.5. The predicted octanol–water partition coefficient (Wildman–Crippen LogP) is 4.16. The number of benzene rings is 2. The first-order chi connectivity index (χ1) is 9.13. The Morgan fingerprint density at radius 2 is 1.84 bits per heavy atom. The molecule has 0 bridgehead atoms. The molecule has 2 nitrogen and oxygen atoms in total. The quantitative estimate of drug-likeness (QED) is 0.847. The highest BCUT2D eigenvalue weighted by molar-refractivity contribution is 6.32. The van der Waals surface area contributed by atoms with Gasteiger partial charge >= 0.3 is 0 Å². The van der Waals surface area contributed by atoms with Gasteiger partial charge in [-0.05, 0) is 23.8 Å². The molecular weight excluding hydrogens is 272 g/mol. The molecule has 2 aromatic carbocycles. The topological polar surface area (TPSA) is 21.3 Å². The van der Waals surface area contributed by atoms with E-state index >= 15 is 0 Å². The van der Waals surface area contributed by atoms with Crippen molar-refractivity contribution in [1.82, 2.24) is 0 Å². The van der Waals surface area contributed by atoms with Gasteiger partial charge in [0.1, 0.15) is 17.7 Å². The summed E-state index contributed by atoms with van der Waals surface area (Å²) in [5.41, 5.74) is 1.36. The fourth-order valence-corrected chi connectivity index (χ4v) is 2.31. The van der Waals surface area contributed by atoms with Crippen LogP contribution in [0.15, 0.2) is 36.4 Å². The minimum Gasteiger partial charge on any atom is -0.480 e. The van der Waals surface area contributed by atoms with Crippen molar-refractivity contribution < 1.29 is 13.5 Å². The van der Waals surface area contributed by atoms with Crippen molar-refractivity contribution in [3.8, 4) is 5.75 Å². The summed E-state index contributed by atoms with van der Waals surface area (Å²) in [6.07, 6.45) is -0.281. The van der Waals surface area contributed by atoms with Gasteiger partial charge in [0.2, 0.25) is 0 Å². The van der Waals surface area contributed by atoms with Gasteiger partial charge in [0.15, 0.2) is 5.75 Å². The average Bonchev–Trinajstić information content (AvgIpc) is 2.39. The van der Waals surface area contributed by atoms with Crippen LogP contribution in [0.5, 0.6) is 5.75 Å². The van der Waals surface area contributed by atoms with E-state index in [2.05, 4.69) is 5.32 Å². The molecule has 19 heavy (non-hydrogen) atoms. The first-order valence-electron chi connectivity index (χ1n) is 5.78. The summed E-state index contributed by atoms with van der Waals surface area (Å²) in [5.74, 6) is -0.295. The number of nitrogens with one attached hydrogen (secondary N) is 1. The second-order valence-electron chi connectivity index (χ2n) is 4.30. The lowest BCUT2D eigenvalue weighted by Crippen LogP contribution is -2.23. The Labute approximate surface area is 114 Å². The van der Waals surface area contributed by atoms with Crippen LogP contribution in [0.25, 0.3) is 0 Å². The van der Waals surface area contributed by atoms with E-state index in [1.165, 1.54) is 24.3 Å². The maximum absolute atomic E-state index is 13.2. The van der Waals surface area contributed by atoms with Crippen molar-refractivity contribution in [1.29, 1.82) is 0 Å². The van der Waals surface area contributed by atoms with Crippen LogP contribution >= 0.6 is 11.6 Å². The Morgan fingerprint density at radius 3 is 2.58 bits per heavy atom. The molecule has 1 heterocycles. The Balaban J connectivity index is 1.92. The molecule has 0 spiro atoms. The fourth-order valence-electron chi connectivity index (χ4n) is 2.06. The molecule has 0 saturated carbocycles. The van der Waals surface area contributed by atoms with Gasteiger partial charge in [-0.25, -0.2) is 8.78 Å². The molecule has 1 aliphatic heterocycles. The zero-order chi connectivity index (χ0) is 13.4. The van der Waals surface area contributed by atoms with Gasteiger partial charge < -0.3 is 10.1 Å². The lowest BCUT2D eigenvalue weighted by molar-refractivity contribution is 0.210. The van der Waals surface area contributed by atoms with Gasteiger partial charge in [-0.3, -0.25) is 0 Å². The maximum atomic E-state index is 13.2. The van der Waals surface area contributed by atoms with Crippen LogP contribution in [0.3, 0.4) is 0 Å². The monoisotopic (exact) mass is 281 g/mol. The third kappa shape index (κ3) is 2.36. The van der Waals surface area contributed by atoms with Crippen LogP contribution in [-0.2, 0) is 0 Å². The van der Waals surface area contributed by atoms with Crippen molar-refractivity contribution in [2.75, 3.05) is 11.9 Å². The summed E-state index contributed by atoms with van der Waals surface area (Å²) in [6.45, 7) is 0.471. The summed E-state index contributed by atoms with van der Waals surface area (Å²) in [4.78, 5) is 0. The molecule has 0 amide bonds. The molecule has 5 heteroatoms. The number of hydrogen-bond acceptors (Lipinski definition) is 2. The number of rotatable bonds is 1. The third-order valence-corrected chi connectivity index (χ3v) is 3.27. The third-order valence-electron chi connectivity index (χ3n) is 2.99. The molecule has 1 unspecified atom stereocenters. The molecule has 0 aromatic heterocycles. The summed E-state index contributed by atoms with van der Waals surface area (Å²) in [6, 6.07) is 8.60. The van der Waals surface area contributed by atoms with E-state index in [9.17, 15) is 8.78 Å². The molecule has 98 valence electrons. The molecule has 1 N–H and O–H groups in total. The van der Waals surface area contributed by atoms with Gasteiger partial charge in [-0.2, -0.15) is 0 Å². The summed E-state index contributed by atoms with van der Waals surface area (Å²) in [5, 5.41) is 3.28. The van der Waals surface area contributed by atoms with Gasteiger partial charge in [0.25, 0.3) is 0 Å².